The molecule has 9 nitrogen and oxygen atoms in total. The summed E-state index contributed by atoms with van der Waals surface area (Å²) in [5, 5.41) is 12.4. The van der Waals surface area contributed by atoms with Crippen molar-refractivity contribution in [3.8, 4) is 5.75 Å². The minimum Gasteiger partial charge on any atom is -0.489 e. The average Bonchev–Trinajstić information content (AvgIpc) is 3.00. The lowest BCUT2D eigenvalue weighted by Gasteiger charge is -2.44. The molecular formula is C25H25FN4O5. The largest absolute Gasteiger partial charge is 0.489 e. The molecule has 5 rings (SSSR count). The molecule has 2 aliphatic rings. The summed E-state index contributed by atoms with van der Waals surface area (Å²) in [5.74, 6) is -2.25. The van der Waals surface area contributed by atoms with E-state index in [0.717, 1.165) is 19.3 Å². The molecule has 3 aromatic rings. The zero-order valence-electron chi connectivity index (χ0n) is 19.0. The molecular weight excluding hydrogens is 455 g/mol. The SMILES string of the molecule is Nc1c(F)c(NCCCC(=O)c2ccccn2)c2c3c1c(=O)c(C(=O)O)cn3C1(CCC1)CCO2. The highest BCUT2D eigenvalue weighted by Crippen LogP contribution is 2.49. The average molecular weight is 480 g/mol. The number of halogens is 1. The first kappa shape index (κ1) is 22.8. The number of nitrogens with zero attached hydrogens (tertiary/aromatic N) is 2. The molecule has 0 unspecified atom stereocenters. The number of Topliss-reactive ketones (excluding diaryl/α,β-unsaturated/α-hetero) is 1. The van der Waals surface area contributed by atoms with Crippen LogP contribution in [0.5, 0.6) is 5.75 Å². The molecule has 1 fully saturated rings. The molecule has 4 N–H and O–H groups in total. The Morgan fingerprint density at radius 3 is 2.74 bits per heavy atom. The molecule has 2 aromatic heterocycles. The number of pyridine rings is 2. The maximum Gasteiger partial charge on any atom is 0.341 e. The number of carbonyl (C=O) groups excluding carboxylic acids is 1. The Kier molecular flexibility index (Phi) is 5.66. The number of carboxylic acid groups (broad SMARTS) is 1. The molecule has 3 heterocycles. The van der Waals surface area contributed by atoms with Gasteiger partial charge in [0, 0.05) is 37.3 Å². The molecule has 1 aromatic carbocycles. The van der Waals surface area contributed by atoms with Gasteiger partial charge in [0.2, 0.25) is 5.43 Å². The third-order valence-electron chi connectivity index (χ3n) is 7.05. The number of anilines is 2. The first-order valence-electron chi connectivity index (χ1n) is 11.6. The number of aromatic nitrogens is 2. The van der Waals surface area contributed by atoms with Crippen LogP contribution in [0.3, 0.4) is 0 Å². The summed E-state index contributed by atoms with van der Waals surface area (Å²) in [6.07, 6.45) is 6.65. The van der Waals surface area contributed by atoms with Gasteiger partial charge < -0.3 is 25.5 Å². The fraction of sp³-hybridized carbons (Fsp3) is 0.360. The van der Waals surface area contributed by atoms with Gasteiger partial charge in [0.1, 0.15) is 16.9 Å². The van der Waals surface area contributed by atoms with Gasteiger partial charge in [0.05, 0.1) is 23.2 Å². The van der Waals surface area contributed by atoms with E-state index in [0.29, 0.717) is 24.1 Å². The second kappa shape index (κ2) is 8.68. The Labute approximate surface area is 199 Å². The number of ether oxygens (including phenoxy) is 1. The number of fused-ring (bicyclic) bond motifs is 1. The van der Waals surface area contributed by atoms with Crippen molar-refractivity contribution >= 4 is 34.0 Å². The Hall–Kier alpha value is -3.95. The highest BCUT2D eigenvalue weighted by molar-refractivity contribution is 6.03. The smallest absolute Gasteiger partial charge is 0.341 e. The van der Waals surface area contributed by atoms with Gasteiger partial charge in [-0.05, 0) is 37.8 Å². The maximum absolute atomic E-state index is 15.5. The van der Waals surface area contributed by atoms with E-state index >= 15 is 4.39 Å². The maximum atomic E-state index is 15.5. The number of carboxylic acids is 1. The van der Waals surface area contributed by atoms with Crippen molar-refractivity contribution in [1.29, 1.82) is 0 Å². The first-order valence-corrected chi connectivity index (χ1v) is 11.6. The van der Waals surface area contributed by atoms with Crippen molar-refractivity contribution in [2.45, 2.75) is 44.1 Å². The molecule has 1 saturated carbocycles. The Bertz CT molecular complexity index is 1400. The first-order chi connectivity index (χ1) is 16.8. The van der Waals surface area contributed by atoms with Gasteiger partial charge in [0.15, 0.2) is 17.3 Å². The molecule has 35 heavy (non-hydrogen) atoms. The summed E-state index contributed by atoms with van der Waals surface area (Å²) in [6.45, 7) is 0.531. The molecule has 0 atom stereocenters. The number of rotatable bonds is 7. The molecule has 10 heteroatoms. The van der Waals surface area contributed by atoms with E-state index in [-0.39, 0.29) is 42.2 Å². The third-order valence-corrected chi connectivity index (χ3v) is 7.05. The van der Waals surface area contributed by atoms with Crippen molar-refractivity contribution in [2.24, 2.45) is 0 Å². The zero-order valence-corrected chi connectivity index (χ0v) is 19.0. The molecule has 182 valence electrons. The number of nitrogens with one attached hydrogen (secondary N) is 1. The monoisotopic (exact) mass is 480 g/mol. The van der Waals surface area contributed by atoms with Gasteiger partial charge in [-0.3, -0.25) is 14.6 Å². The number of hydrogen-bond acceptors (Lipinski definition) is 7. The second-order valence-corrected chi connectivity index (χ2v) is 9.05. The number of ketones is 1. The van der Waals surface area contributed by atoms with Crippen molar-refractivity contribution in [3.05, 3.63) is 57.9 Å². The summed E-state index contributed by atoms with van der Waals surface area (Å²) in [4.78, 5) is 41.2. The quantitative estimate of drug-likeness (QED) is 0.265. The van der Waals surface area contributed by atoms with Gasteiger partial charge in [-0.1, -0.05) is 6.07 Å². The number of nitrogens with two attached hydrogens (primary N) is 1. The molecule has 0 radical (unpaired) electrons. The summed E-state index contributed by atoms with van der Waals surface area (Å²) in [5.41, 5.74) is 4.67. The van der Waals surface area contributed by atoms with E-state index in [1.54, 1.807) is 29.0 Å². The van der Waals surface area contributed by atoms with Crippen LogP contribution in [-0.2, 0) is 5.54 Å². The molecule has 0 bridgehead atoms. The Balaban J connectivity index is 1.54. The summed E-state index contributed by atoms with van der Waals surface area (Å²) in [7, 11) is 0. The Morgan fingerprint density at radius 1 is 1.29 bits per heavy atom. The highest BCUT2D eigenvalue weighted by atomic mass is 19.1. The van der Waals surface area contributed by atoms with Crippen LogP contribution >= 0.6 is 0 Å². The van der Waals surface area contributed by atoms with E-state index in [9.17, 15) is 19.5 Å². The van der Waals surface area contributed by atoms with E-state index in [1.165, 1.54) is 6.20 Å². The van der Waals surface area contributed by atoms with Crippen LogP contribution in [0.15, 0.2) is 35.4 Å². The van der Waals surface area contributed by atoms with Crippen LogP contribution in [-0.4, -0.2) is 39.6 Å². The fourth-order valence-electron chi connectivity index (χ4n) is 5.03. The lowest BCUT2D eigenvalue weighted by molar-refractivity contribution is 0.0691. The van der Waals surface area contributed by atoms with Gasteiger partial charge in [-0.25, -0.2) is 9.18 Å². The number of benzene rings is 1. The minimum atomic E-state index is -1.39. The molecule has 1 aliphatic carbocycles. The number of carbonyl (C=O) groups is 2. The predicted molar refractivity (Wildman–Crippen MR) is 128 cm³/mol. The summed E-state index contributed by atoms with van der Waals surface area (Å²) >= 11 is 0. The van der Waals surface area contributed by atoms with E-state index < -0.39 is 34.0 Å². The van der Waals surface area contributed by atoms with Crippen LogP contribution in [0.1, 0.15) is 59.4 Å². The number of hydrogen-bond donors (Lipinski definition) is 3. The lowest BCUT2D eigenvalue weighted by Crippen LogP contribution is -2.42. The van der Waals surface area contributed by atoms with Crippen LogP contribution in [0.25, 0.3) is 10.9 Å². The normalized spacial score (nSPS) is 15.8. The number of aromatic carboxylic acids is 1. The van der Waals surface area contributed by atoms with Gasteiger partial charge in [-0.15, -0.1) is 0 Å². The Morgan fingerprint density at radius 2 is 2.09 bits per heavy atom. The molecule has 1 aliphatic heterocycles. The fourth-order valence-corrected chi connectivity index (χ4v) is 5.03. The topological polar surface area (TPSA) is 137 Å². The van der Waals surface area contributed by atoms with Crippen molar-refractivity contribution in [2.75, 3.05) is 24.2 Å². The number of nitrogen functional groups attached to an aromatic ring is 1. The van der Waals surface area contributed by atoms with Gasteiger partial charge in [-0.2, -0.15) is 0 Å². The summed E-state index contributed by atoms with van der Waals surface area (Å²) in [6, 6.07) is 5.11. The molecule has 0 saturated heterocycles. The van der Waals surface area contributed by atoms with Crippen LogP contribution in [0.2, 0.25) is 0 Å². The van der Waals surface area contributed by atoms with Crippen LogP contribution < -0.4 is 21.2 Å². The predicted octanol–water partition coefficient (Wildman–Crippen LogP) is 3.55. The van der Waals surface area contributed by atoms with E-state index in [2.05, 4.69) is 10.3 Å². The van der Waals surface area contributed by atoms with E-state index in [4.69, 9.17) is 10.5 Å². The van der Waals surface area contributed by atoms with Crippen molar-refractivity contribution in [1.82, 2.24) is 9.55 Å². The van der Waals surface area contributed by atoms with Crippen LogP contribution in [0.4, 0.5) is 15.8 Å². The van der Waals surface area contributed by atoms with Gasteiger partial charge >= 0.3 is 5.97 Å². The van der Waals surface area contributed by atoms with Gasteiger partial charge in [0.25, 0.3) is 0 Å². The third kappa shape index (κ3) is 3.69. The highest BCUT2D eigenvalue weighted by Gasteiger charge is 2.43. The van der Waals surface area contributed by atoms with Crippen molar-refractivity contribution < 1.29 is 23.8 Å². The van der Waals surface area contributed by atoms with Crippen molar-refractivity contribution in [3.63, 3.8) is 0 Å². The molecule has 0 amide bonds. The standard InChI is InChI=1S/C25H25FN4O5/c26-18-19(27)17-21-23(20(18)29-11-3-6-16(31)15-5-1-2-10-28-15)35-12-9-25(7-4-8-25)30(21)13-14(22(17)32)24(33)34/h1-2,5,10,13,29H,3-4,6-9,11-12,27H2,(H,33,34). The molecule has 1 spiro atoms. The zero-order chi connectivity index (χ0) is 24.7. The lowest BCUT2D eigenvalue weighted by atomic mass is 9.74. The van der Waals surface area contributed by atoms with Crippen LogP contribution in [0, 0.1) is 5.82 Å². The summed E-state index contributed by atoms with van der Waals surface area (Å²) < 4.78 is 23.2. The van der Waals surface area contributed by atoms with E-state index in [1.807, 2.05) is 0 Å². The second-order valence-electron chi connectivity index (χ2n) is 9.05. The minimum absolute atomic E-state index is 0.00730.